The van der Waals surface area contributed by atoms with Crippen LogP contribution >= 0.6 is 11.8 Å². The fourth-order valence-corrected chi connectivity index (χ4v) is 3.03. The highest BCUT2D eigenvalue weighted by Gasteiger charge is 2.08. The fourth-order valence-electron chi connectivity index (χ4n) is 2.44. The zero-order valence-electron chi connectivity index (χ0n) is 12.3. The molecule has 0 aliphatic carbocycles. The van der Waals surface area contributed by atoms with Crippen molar-refractivity contribution in [2.75, 3.05) is 5.75 Å². The summed E-state index contributed by atoms with van der Waals surface area (Å²) in [6, 6.07) is 18.3. The summed E-state index contributed by atoms with van der Waals surface area (Å²) in [5.74, 6) is 0.808. The Kier molecular flexibility index (Phi) is 3.78. The van der Waals surface area contributed by atoms with Crippen LogP contribution in [0.3, 0.4) is 0 Å². The Morgan fingerprint density at radius 2 is 1.78 bits per heavy atom. The summed E-state index contributed by atoms with van der Waals surface area (Å²) >= 11 is 1.57. The normalized spacial score (nSPS) is 11.7. The first-order valence-corrected chi connectivity index (χ1v) is 8.34. The minimum Gasteiger partial charge on any atom is -0.338 e. The number of fused-ring (bicyclic) bond motifs is 3. The molecule has 2 aromatic carbocycles. The van der Waals surface area contributed by atoms with E-state index in [-0.39, 0.29) is 0 Å². The van der Waals surface area contributed by atoms with E-state index in [1.807, 2.05) is 42.5 Å². The van der Waals surface area contributed by atoms with Crippen molar-refractivity contribution in [3.8, 4) is 0 Å². The Labute approximate surface area is 137 Å². The van der Waals surface area contributed by atoms with Crippen molar-refractivity contribution in [3.05, 3.63) is 66.2 Å². The van der Waals surface area contributed by atoms with E-state index in [1.54, 1.807) is 11.8 Å². The summed E-state index contributed by atoms with van der Waals surface area (Å²) in [6.45, 7) is 0. The van der Waals surface area contributed by atoms with Gasteiger partial charge < -0.3 is 4.98 Å². The Morgan fingerprint density at radius 1 is 0.957 bits per heavy atom. The molecule has 1 N–H and O–H groups in total. The van der Waals surface area contributed by atoms with Gasteiger partial charge in [-0.05, 0) is 11.6 Å². The van der Waals surface area contributed by atoms with Gasteiger partial charge in [0.1, 0.15) is 5.52 Å². The third-order valence-corrected chi connectivity index (χ3v) is 4.31. The molecular formula is C18H14N4S. The van der Waals surface area contributed by atoms with Crippen LogP contribution < -0.4 is 0 Å². The molecule has 0 spiro atoms. The minimum atomic E-state index is 0.682. The maximum Gasteiger partial charge on any atom is 0.211 e. The first-order valence-electron chi connectivity index (χ1n) is 7.36. The first-order chi connectivity index (χ1) is 11.4. The summed E-state index contributed by atoms with van der Waals surface area (Å²) in [5.41, 5.74) is 3.84. The maximum absolute atomic E-state index is 4.56. The molecule has 23 heavy (non-hydrogen) atoms. The molecule has 0 radical (unpaired) electrons. The highest BCUT2D eigenvalue weighted by molar-refractivity contribution is 7.99. The number of aromatic amines is 1. The highest BCUT2D eigenvalue weighted by atomic mass is 32.2. The van der Waals surface area contributed by atoms with Crippen LogP contribution in [0.1, 0.15) is 5.56 Å². The molecule has 0 atom stereocenters. The average molecular weight is 318 g/mol. The number of benzene rings is 2. The molecule has 0 unspecified atom stereocenters. The lowest BCUT2D eigenvalue weighted by atomic mass is 10.2. The predicted octanol–water partition coefficient (Wildman–Crippen LogP) is 4.31. The summed E-state index contributed by atoms with van der Waals surface area (Å²) in [5, 5.41) is 10.3. The Hall–Kier alpha value is -2.66. The van der Waals surface area contributed by atoms with Crippen LogP contribution in [0.4, 0.5) is 0 Å². The third-order valence-electron chi connectivity index (χ3n) is 3.52. The van der Waals surface area contributed by atoms with E-state index in [0.717, 1.165) is 27.8 Å². The van der Waals surface area contributed by atoms with Crippen LogP contribution in [-0.2, 0) is 0 Å². The molecule has 0 amide bonds. The van der Waals surface area contributed by atoms with Crippen molar-refractivity contribution >= 4 is 39.9 Å². The van der Waals surface area contributed by atoms with Gasteiger partial charge in [0.15, 0.2) is 5.65 Å². The van der Waals surface area contributed by atoms with Crippen molar-refractivity contribution in [3.63, 3.8) is 0 Å². The third kappa shape index (κ3) is 2.96. The summed E-state index contributed by atoms with van der Waals surface area (Å²) in [7, 11) is 0. The smallest absolute Gasteiger partial charge is 0.211 e. The van der Waals surface area contributed by atoms with Gasteiger partial charge in [0.25, 0.3) is 0 Å². The fraction of sp³-hybridized carbons (Fsp3) is 0.0556. The minimum absolute atomic E-state index is 0.682. The molecule has 4 nitrogen and oxygen atoms in total. The van der Waals surface area contributed by atoms with E-state index in [2.05, 4.69) is 44.5 Å². The van der Waals surface area contributed by atoms with Crippen LogP contribution in [-0.4, -0.2) is 25.9 Å². The lowest BCUT2D eigenvalue weighted by molar-refractivity contribution is 0.879. The van der Waals surface area contributed by atoms with Crippen molar-refractivity contribution in [1.29, 1.82) is 0 Å². The van der Waals surface area contributed by atoms with Gasteiger partial charge >= 0.3 is 0 Å². The Bertz CT molecular complexity index is 976. The molecule has 0 bridgehead atoms. The van der Waals surface area contributed by atoms with Crippen molar-refractivity contribution in [2.45, 2.75) is 5.16 Å². The molecule has 0 aliphatic rings. The van der Waals surface area contributed by atoms with E-state index in [9.17, 15) is 0 Å². The maximum atomic E-state index is 4.56. The van der Waals surface area contributed by atoms with E-state index in [4.69, 9.17) is 0 Å². The van der Waals surface area contributed by atoms with E-state index >= 15 is 0 Å². The number of hydrogen-bond acceptors (Lipinski definition) is 4. The number of rotatable bonds is 4. The Balaban J connectivity index is 1.51. The average Bonchev–Trinajstić information content (AvgIpc) is 2.97. The molecule has 0 aliphatic heterocycles. The molecule has 5 heteroatoms. The Morgan fingerprint density at radius 3 is 2.70 bits per heavy atom. The number of nitrogens with zero attached hydrogens (tertiary/aromatic N) is 3. The largest absolute Gasteiger partial charge is 0.338 e. The molecule has 2 heterocycles. The zero-order chi connectivity index (χ0) is 15.5. The second-order valence-electron chi connectivity index (χ2n) is 5.09. The molecular weight excluding hydrogens is 304 g/mol. The molecule has 4 rings (SSSR count). The van der Waals surface area contributed by atoms with Gasteiger partial charge in [-0.2, -0.15) is 0 Å². The number of aromatic nitrogens is 4. The summed E-state index contributed by atoms with van der Waals surface area (Å²) < 4.78 is 0. The van der Waals surface area contributed by atoms with Crippen LogP contribution in [0.5, 0.6) is 0 Å². The summed E-state index contributed by atoms with van der Waals surface area (Å²) in [4.78, 5) is 7.85. The second-order valence-corrected chi connectivity index (χ2v) is 6.07. The van der Waals surface area contributed by atoms with Crippen LogP contribution in [0.25, 0.3) is 28.1 Å². The van der Waals surface area contributed by atoms with Crippen LogP contribution in [0.15, 0.2) is 65.8 Å². The van der Waals surface area contributed by atoms with Gasteiger partial charge in [-0.15, -0.1) is 10.2 Å². The van der Waals surface area contributed by atoms with Gasteiger partial charge in [0.05, 0.1) is 0 Å². The SMILES string of the molecule is C(=Cc1ccccc1)CSc1nnc2c(n1)[nH]c1ccccc12. The van der Waals surface area contributed by atoms with E-state index in [0.29, 0.717) is 5.16 Å². The van der Waals surface area contributed by atoms with Gasteiger partial charge in [0, 0.05) is 16.7 Å². The molecule has 2 aromatic heterocycles. The first kappa shape index (κ1) is 14.0. The molecule has 0 fully saturated rings. The van der Waals surface area contributed by atoms with Crippen molar-refractivity contribution in [2.24, 2.45) is 0 Å². The molecule has 0 saturated heterocycles. The number of H-pyrrole nitrogens is 1. The topological polar surface area (TPSA) is 54.5 Å². The highest BCUT2D eigenvalue weighted by Crippen LogP contribution is 2.23. The van der Waals surface area contributed by atoms with Crippen molar-refractivity contribution < 1.29 is 0 Å². The van der Waals surface area contributed by atoms with Gasteiger partial charge in [0.2, 0.25) is 5.16 Å². The summed E-state index contributed by atoms with van der Waals surface area (Å²) in [6.07, 6.45) is 4.21. The monoisotopic (exact) mass is 318 g/mol. The number of hydrogen-bond donors (Lipinski definition) is 1. The van der Waals surface area contributed by atoms with Gasteiger partial charge in [-0.3, -0.25) is 0 Å². The van der Waals surface area contributed by atoms with E-state index < -0.39 is 0 Å². The van der Waals surface area contributed by atoms with Crippen LogP contribution in [0, 0.1) is 0 Å². The van der Waals surface area contributed by atoms with E-state index in [1.165, 1.54) is 5.56 Å². The number of para-hydroxylation sites is 1. The number of thioether (sulfide) groups is 1. The lowest BCUT2D eigenvalue weighted by Crippen LogP contribution is -1.91. The quantitative estimate of drug-likeness (QED) is 0.570. The molecule has 112 valence electrons. The standard InChI is InChI=1S/C18H14N4S/c1-2-7-13(8-3-1)9-6-12-23-18-20-17-16(21-22-18)14-10-4-5-11-15(14)19-17/h1-11H,12H2,(H,19,20,22). The second kappa shape index (κ2) is 6.22. The van der Waals surface area contributed by atoms with Gasteiger partial charge in [-0.1, -0.05) is 72.4 Å². The van der Waals surface area contributed by atoms with Crippen LogP contribution in [0.2, 0.25) is 0 Å². The zero-order valence-corrected chi connectivity index (χ0v) is 13.1. The van der Waals surface area contributed by atoms with Crippen molar-refractivity contribution in [1.82, 2.24) is 20.2 Å². The predicted molar refractivity (Wildman–Crippen MR) is 95.4 cm³/mol. The molecule has 0 saturated carbocycles. The number of nitrogens with one attached hydrogen (secondary N) is 1. The van der Waals surface area contributed by atoms with Gasteiger partial charge in [-0.25, -0.2) is 4.98 Å². The molecule has 4 aromatic rings. The lowest BCUT2D eigenvalue weighted by Gasteiger charge is -1.96.